The van der Waals surface area contributed by atoms with Crippen LogP contribution in [0.15, 0.2) is 12.2 Å². The molecule has 0 aromatic carbocycles. The molecule has 0 spiro atoms. The molecule has 0 saturated carbocycles. The van der Waals surface area contributed by atoms with E-state index in [2.05, 4.69) is 11.0 Å². The zero-order chi connectivity index (χ0) is 9.73. The van der Waals surface area contributed by atoms with Gasteiger partial charge in [0.1, 0.15) is 0 Å². The maximum Gasteiger partial charge on any atom is 0.0901 e. The summed E-state index contributed by atoms with van der Waals surface area (Å²) in [6.45, 7) is 4.61. The Hall–Kier alpha value is -0.380. The van der Waals surface area contributed by atoms with Crippen LogP contribution < -0.4 is 0 Å². The van der Waals surface area contributed by atoms with Crippen LogP contribution in [-0.2, 0) is 0 Å². The molecule has 0 atom stereocenters. The fourth-order valence-electron chi connectivity index (χ4n) is 1.56. The summed E-state index contributed by atoms with van der Waals surface area (Å²) in [4.78, 5) is 2.28. The maximum absolute atomic E-state index is 9.73. The largest absolute Gasteiger partial charge is 0.393 e. The van der Waals surface area contributed by atoms with Crippen molar-refractivity contribution in [2.24, 2.45) is 0 Å². The molecule has 76 valence electrons. The van der Waals surface area contributed by atoms with Crippen LogP contribution in [0.3, 0.4) is 0 Å². The topological polar surface area (TPSA) is 43.7 Å². The Bertz CT molecular complexity index is 172. The van der Waals surface area contributed by atoms with Gasteiger partial charge in [-0.15, -0.1) is 0 Å². The van der Waals surface area contributed by atoms with Gasteiger partial charge in [0, 0.05) is 19.6 Å². The van der Waals surface area contributed by atoms with E-state index in [1.807, 2.05) is 13.0 Å². The first-order valence-corrected chi connectivity index (χ1v) is 4.87. The van der Waals surface area contributed by atoms with Crippen molar-refractivity contribution in [1.29, 1.82) is 0 Å². The Labute approximate surface area is 79.7 Å². The number of aliphatic hydroxyl groups excluding tert-OH is 1. The van der Waals surface area contributed by atoms with Gasteiger partial charge in [-0.3, -0.25) is 4.90 Å². The molecule has 1 rings (SSSR count). The Balaban J connectivity index is 2.30. The third kappa shape index (κ3) is 3.10. The molecule has 1 fully saturated rings. The van der Waals surface area contributed by atoms with Crippen LogP contribution in [0, 0.1) is 0 Å². The van der Waals surface area contributed by atoms with E-state index in [9.17, 15) is 5.11 Å². The smallest absolute Gasteiger partial charge is 0.0901 e. The van der Waals surface area contributed by atoms with Gasteiger partial charge < -0.3 is 10.2 Å². The third-order valence-electron chi connectivity index (χ3n) is 2.68. The highest BCUT2D eigenvalue weighted by Crippen LogP contribution is 2.20. The fourth-order valence-corrected chi connectivity index (χ4v) is 1.56. The van der Waals surface area contributed by atoms with E-state index in [0.717, 1.165) is 19.6 Å². The summed E-state index contributed by atoms with van der Waals surface area (Å²) >= 11 is 0. The SMILES string of the molecule is C/C=C/CN1CCC(O)(CO)CC1. The zero-order valence-electron chi connectivity index (χ0n) is 8.24. The third-order valence-corrected chi connectivity index (χ3v) is 2.68. The number of hydrogen-bond acceptors (Lipinski definition) is 3. The molecule has 1 heterocycles. The highest BCUT2D eigenvalue weighted by atomic mass is 16.3. The molecule has 0 unspecified atom stereocenters. The number of piperidine rings is 1. The molecule has 1 saturated heterocycles. The highest BCUT2D eigenvalue weighted by Gasteiger charge is 2.30. The van der Waals surface area contributed by atoms with Crippen molar-refractivity contribution < 1.29 is 10.2 Å². The summed E-state index contributed by atoms with van der Waals surface area (Å²) < 4.78 is 0. The van der Waals surface area contributed by atoms with Gasteiger partial charge in [-0.2, -0.15) is 0 Å². The summed E-state index contributed by atoms with van der Waals surface area (Å²) in [5.41, 5.74) is -0.813. The second kappa shape index (κ2) is 4.74. The number of rotatable bonds is 3. The zero-order valence-corrected chi connectivity index (χ0v) is 8.24. The van der Waals surface area contributed by atoms with Gasteiger partial charge in [0.05, 0.1) is 12.2 Å². The average molecular weight is 185 g/mol. The molecular weight excluding hydrogens is 166 g/mol. The molecule has 1 aliphatic rings. The molecule has 0 bridgehead atoms. The van der Waals surface area contributed by atoms with Gasteiger partial charge in [-0.1, -0.05) is 12.2 Å². The van der Waals surface area contributed by atoms with Gasteiger partial charge in [0.25, 0.3) is 0 Å². The van der Waals surface area contributed by atoms with Crippen LogP contribution in [0.25, 0.3) is 0 Å². The first-order valence-electron chi connectivity index (χ1n) is 4.87. The molecular formula is C10H19NO2. The Morgan fingerprint density at radius 2 is 2.00 bits per heavy atom. The van der Waals surface area contributed by atoms with Crippen molar-refractivity contribution in [3.63, 3.8) is 0 Å². The summed E-state index contributed by atoms with van der Waals surface area (Å²) in [5, 5.41) is 18.7. The standard InChI is InChI=1S/C10H19NO2/c1-2-3-6-11-7-4-10(13,9-12)5-8-11/h2-3,12-13H,4-9H2,1H3/b3-2+. The van der Waals surface area contributed by atoms with Gasteiger partial charge >= 0.3 is 0 Å². The molecule has 0 radical (unpaired) electrons. The first-order chi connectivity index (χ1) is 6.20. The lowest BCUT2D eigenvalue weighted by atomic mass is 9.92. The van der Waals surface area contributed by atoms with E-state index in [0.29, 0.717) is 12.8 Å². The minimum atomic E-state index is -0.813. The molecule has 3 nitrogen and oxygen atoms in total. The summed E-state index contributed by atoms with van der Waals surface area (Å²) in [6.07, 6.45) is 5.51. The Morgan fingerprint density at radius 1 is 1.38 bits per heavy atom. The monoisotopic (exact) mass is 185 g/mol. The lowest BCUT2D eigenvalue weighted by Gasteiger charge is -2.36. The summed E-state index contributed by atoms with van der Waals surface area (Å²) in [7, 11) is 0. The van der Waals surface area contributed by atoms with E-state index < -0.39 is 5.60 Å². The quantitative estimate of drug-likeness (QED) is 0.625. The van der Waals surface area contributed by atoms with Crippen molar-refractivity contribution >= 4 is 0 Å². The minimum absolute atomic E-state index is 0.107. The molecule has 13 heavy (non-hydrogen) atoms. The number of likely N-dealkylation sites (tertiary alicyclic amines) is 1. The van der Waals surface area contributed by atoms with Gasteiger partial charge in [0.2, 0.25) is 0 Å². The molecule has 2 N–H and O–H groups in total. The van der Waals surface area contributed by atoms with Crippen LogP contribution in [0.4, 0.5) is 0 Å². The number of aliphatic hydroxyl groups is 2. The molecule has 0 aromatic heterocycles. The second-order valence-corrected chi connectivity index (χ2v) is 3.75. The van der Waals surface area contributed by atoms with Crippen LogP contribution >= 0.6 is 0 Å². The molecule has 0 aliphatic carbocycles. The van der Waals surface area contributed by atoms with E-state index in [1.165, 1.54) is 0 Å². The van der Waals surface area contributed by atoms with E-state index in [4.69, 9.17) is 5.11 Å². The predicted octanol–water partition coefficient (Wildman–Crippen LogP) is 0.382. The summed E-state index contributed by atoms with van der Waals surface area (Å²) in [6, 6.07) is 0. The van der Waals surface area contributed by atoms with Gasteiger partial charge in [-0.25, -0.2) is 0 Å². The minimum Gasteiger partial charge on any atom is -0.393 e. The lowest BCUT2D eigenvalue weighted by molar-refractivity contribution is -0.0576. The van der Waals surface area contributed by atoms with Gasteiger partial charge in [0.15, 0.2) is 0 Å². The van der Waals surface area contributed by atoms with Crippen molar-refractivity contribution in [1.82, 2.24) is 4.90 Å². The van der Waals surface area contributed by atoms with Crippen LogP contribution in [-0.4, -0.2) is 47.0 Å². The number of allylic oxidation sites excluding steroid dienone is 1. The van der Waals surface area contributed by atoms with Crippen molar-refractivity contribution in [2.75, 3.05) is 26.2 Å². The molecule has 3 heteroatoms. The number of nitrogens with zero attached hydrogens (tertiary/aromatic N) is 1. The second-order valence-electron chi connectivity index (χ2n) is 3.75. The van der Waals surface area contributed by atoms with E-state index in [1.54, 1.807) is 0 Å². The van der Waals surface area contributed by atoms with Crippen molar-refractivity contribution in [3.05, 3.63) is 12.2 Å². The summed E-state index contributed by atoms with van der Waals surface area (Å²) in [5.74, 6) is 0. The Morgan fingerprint density at radius 3 is 2.46 bits per heavy atom. The molecule has 0 aromatic rings. The average Bonchev–Trinajstić information content (AvgIpc) is 2.17. The van der Waals surface area contributed by atoms with E-state index in [-0.39, 0.29) is 6.61 Å². The fraction of sp³-hybridized carbons (Fsp3) is 0.800. The highest BCUT2D eigenvalue weighted by molar-refractivity contribution is 4.88. The lowest BCUT2D eigenvalue weighted by Crippen LogP contribution is -2.46. The van der Waals surface area contributed by atoms with E-state index >= 15 is 0 Å². The number of hydrogen-bond donors (Lipinski definition) is 2. The van der Waals surface area contributed by atoms with Crippen molar-refractivity contribution in [2.45, 2.75) is 25.4 Å². The first kappa shape index (κ1) is 10.7. The van der Waals surface area contributed by atoms with Crippen LogP contribution in [0.1, 0.15) is 19.8 Å². The van der Waals surface area contributed by atoms with Crippen LogP contribution in [0.2, 0.25) is 0 Å². The molecule has 1 aliphatic heterocycles. The van der Waals surface area contributed by atoms with Gasteiger partial charge in [-0.05, 0) is 19.8 Å². The van der Waals surface area contributed by atoms with Crippen LogP contribution in [0.5, 0.6) is 0 Å². The Kier molecular flexibility index (Phi) is 3.90. The predicted molar refractivity (Wildman–Crippen MR) is 52.5 cm³/mol. The molecule has 0 amide bonds. The maximum atomic E-state index is 9.73. The van der Waals surface area contributed by atoms with Crippen molar-refractivity contribution in [3.8, 4) is 0 Å². The normalized spacial score (nSPS) is 23.9.